The third-order valence-electron chi connectivity index (χ3n) is 2.88. The topological polar surface area (TPSA) is 38.0 Å². The Labute approximate surface area is 107 Å². The van der Waals surface area contributed by atoms with Crippen molar-refractivity contribution < 1.29 is 4.39 Å². The number of benzene rings is 2. The average molecular weight is 244 g/mol. The first-order valence-corrected chi connectivity index (χ1v) is 5.98. The molecule has 94 valence electrons. The fourth-order valence-electron chi connectivity index (χ4n) is 1.93. The number of nitrogens with two attached hydrogens (primary N) is 1. The Morgan fingerprint density at radius 2 is 1.94 bits per heavy atom. The van der Waals surface area contributed by atoms with E-state index in [0.717, 1.165) is 5.56 Å². The summed E-state index contributed by atoms with van der Waals surface area (Å²) in [5.41, 5.74) is 8.49. The number of para-hydroxylation sites is 1. The lowest BCUT2D eigenvalue weighted by molar-refractivity contribution is 0.626. The van der Waals surface area contributed by atoms with Gasteiger partial charge in [-0.25, -0.2) is 4.39 Å². The van der Waals surface area contributed by atoms with Crippen LogP contribution in [0.1, 0.15) is 17.2 Å². The van der Waals surface area contributed by atoms with Crippen LogP contribution in [0.15, 0.2) is 48.5 Å². The molecule has 0 bridgehead atoms. The highest BCUT2D eigenvalue weighted by molar-refractivity contribution is 5.47. The molecular formula is C15H17FN2. The van der Waals surface area contributed by atoms with Crippen molar-refractivity contribution in [3.8, 4) is 0 Å². The zero-order valence-corrected chi connectivity index (χ0v) is 10.4. The van der Waals surface area contributed by atoms with Crippen LogP contribution in [0.25, 0.3) is 0 Å². The molecule has 0 radical (unpaired) electrons. The summed E-state index contributed by atoms with van der Waals surface area (Å²) in [6, 6.07) is 14.6. The molecule has 18 heavy (non-hydrogen) atoms. The third-order valence-corrected chi connectivity index (χ3v) is 2.88. The van der Waals surface area contributed by atoms with Crippen LogP contribution in [0.3, 0.4) is 0 Å². The SMILES string of the molecule is Cc1cccc(C(CN)Nc2ccccc2F)c1. The molecule has 0 fully saturated rings. The Balaban J connectivity index is 2.23. The summed E-state index contributed by atoms with van der Waals surface area (Å²) in [5.74, 6) is -0.261. The Hall–Kier alpha value is -1.87. The van der Waals surface area contributed by atoms with Crippen LogP contribution in [0.4, 0.5) is 10.1 Å². The van der Waals surface area contributed by atoms with Crippen LogP contribution >= 0.6 is 0 Å². The minimum Gasteiger partial charge on any atom is -0.375 e. The van der Waals surface area contributed by atoms with Gasteiger partial charge >= 0.3 is 0 Å². The molecule has 0 spiro atoms. The van der Waals surface area contributed by atoms with Crippen molar-refractivity contribution in [3.63, 3.8) is 0 Å². The van der Waals surface area contributed by atoms with Gasteiger partial charge in [-0.05, 0) is 24.6 Å². The first kappa shape index (κ1) is 12.6. The molecule has 2 nitrogen and oxygen atoms in total. The highest BCUT2D eigenvalue weighted by Gasteiger charge is 2.11. The summed E-state index contributed by atoms with van der Waals surface area (Å²) in [7, 11) is 0. The molecule has 1 unspecified atom stereocenters. The van der Waals surface area contributed by atoms with Gasteiger partial charge in [-0.15, -0.1) is 0 Å². The van der Waals surface area contributed by atoms with E-state index in [4.69, 9.17) is 5.73 Å². The summed E-state index contributed by atoms with van der Waals surface area (Å²) < 4.78 is 13.6. The molecule has 3 heteroatoms. The van der Waals surface area contributed by atoms with E-state index in [2.05, 4.69) is 11.4 Å². The number of hydrogen-bond donors (Lipinski definition) is 2. The van der Waals surface area contributed by atoms with E-state index < -0.39 is 0 Å². The fourth-order valence-corrected chi connectivity index (χ4v) is 1.93. The predicted molar refractivity (Wildman–Crippen MR) is 73.0 cm³/mol. The predicted octanol–water partition coefficient (Wildman–Crippen LogP) is 3.25. The van der Waals surface area contributed by atoms with Crippen LogP contribution in [0.2, 0.25) is 0 Å². The molecule has 2 aromatic carbocycles. The zero-order valence-electron chi connectivity index (χ0n) is 10.4. The Bertz CT molecular complexity index is 525. The van der Waals surface area contributed by atoms with Gasteiger partial charge in [0.25, 0.3) is 0 Å². The van der Waals surface area contributed by atoms with E-state index in [1.165, 1.54) is 11.6 Å². The highest BCUT2D eigenvalue weighted by Crippen LogP contribution is 2.21. The standard InChI is InChI=1S/C15H17FN2/c1-11-5-4-6-12(9-11)15(10-17)18-14-8-3-2-7-13(14)16/h2-9,15,18H,10,17H2,1H3. The Kier molecular flexibility index (Phi) is 3.95. The van der Waals surface area contributed by atoms with Gasteiger partial charge in [0.1, 0.15) is 5.82 Å². The zero-order chi connectivity index (χ0) is 13.0. The molecule has 0 saturated heterocycles. The maximum atomic E-state index is 13.6. The monoisotopic (exact) mass is 244 g/mol. The van der Waals surface area contributed by atoms with Crippen LogP contribution in [-0.4, -0.2) is 6.54 Å². The molecule has 2 aromatic rings. The molecule has 3 N–H and O–H groups in total. The van der Waals surface area contributed by atoms with E-state index in [-0.39, 0.29) is 11.9 Å². The molecule has 0 aliphatic rings. The van der Waals surface area contributed by atoms with Crippen molar-refractivity contribution in [1.82, 2.24) is 0 Å². The molecule has 0 aromatic heterocycles. The minimum absolute atomic E-state index is 0.0817. The number of nitrogens with one attached hydrogen (secondary N) is 1. The first-order valence-electron chi connectivity index (χ1n) is 5.98. The molecule has 0 aliphatic carbocycles. The van der Waals surface area contributed by atoms with Gasteiger partial charge in [-0.3, -0.25) is 0 Å². The smallest absolute Gasteiger partial charge is 0.146 e. The van der Waals surface area contributed by atoms with Gasteiger partial charge < -0.3 is 11.1 Å². The number of anilines is 1. The summed E-state index contributed by atoms with van der Waals surface area (Å²) in [6.45, 7) is 2.44. The Morgan fingerprint density at radius 3 is 2.61 bits per heavy atom. The molecule has 0 amide bonds. The second-order valence-corrected chi connectivity index (χ2v) is 4.33. The van der Waals surface area contributed by atoms with Gasteiger partial charge in [0.05, 0.1) is 11.7 Å². The van der Waals surface area contributed by atoms with Gasteiger partial charge in [0.15, 0.2) is 0 Å². The second-order valence-electron chi connectivity index (χ2n) is 4.33. The molecular weight excluding hydrogens is 227 g/mol. The van der Waals surface area contributed by atoms with E-state index in [1.807, 2.05) is 25.1 Å². The number of hydrogen-bond acceptors (Lipinski definition) is 2. The Morgan fingerprint density at radius 1 is 1.17 bits per heavy atom. The number of halogens is 1. The second kappa shape index (κ2) is 5.65. The normalized spacial score (nSPS) is 12.2. The van der Waals surface area contributed by atoms with Crippen LogP contribution < -0.4 is 11.1 Å². The number of aryl methyl sites for hydroxylation is 1. The van der Waals surface area contributed by atoms with Gasteiger partial charge in [0, 0.05) is 6.54 Å². The lowest BCUT2D eigenvalue weighted by atomic mass is 10.0. The summed E-state index contributed by atoms with van der Waals surface area (Å²) >= 11 is 0. The third kappa shape index (κ3) is 2.87. The van der Waals surface area contributed by atoms with E-state index >= 15 is 0 Å². The summed E-state index contributed by atoms with van der Waals surface area (Å²) in [5, 5.41) is 3.14. The van der Waals surface area contributed by atoms with Crippen molar-refractivity contribution in [1.29, 1.82) is 0 Å². The lowest BCUT2D eigenvalue weighted by Crippen LogP contribution is -2.21. The molecule has 0 saturated carbocycles. The summed E-state index contributed by atoms with van der Waals surface area (Å²) in [6.07, 6.45) is 0. The maximum Gasteiger partial charge on any atom is 0.146 e. The fraction of sp³-hybridized carbons (Fsp3) is 0.200. The van der Waals surface area contributed by atoms with Crippen molar-refractivity contribution in [2.75, 3.05) is 11.9 Å². The largest absolute Gasteiger partial charge is 0.375 e. The lowest BCUT2D eigenvalue weighted by Gasteiger charge is -2.19. The summed E-state index contributed by atoms with van der Waals surface area (Å²) in [4.78, 5) is 0. The van der Waals surface area contributed by atoms with Crippen LogP contribution in [0, 0.1) is 12.7 Å². The van der Waals surface area contributed by atoms with Crippen molar-refractivity contribution in [2.45, 2.75) is 13.0 Å². The van der Waals surface area contributed by atoms with Crippen molar-refractivity contribution in [2.24, 2.45) is 5.73 Å². The average Bonchev–Trinajstić information content (AvgIpc) is 2.38. The van der Waals surface area contributed by atoms with Crippen molar-refractivity contribution in [3.05, 3.63) is 65.5 Å². The maximum absolute atomic E-state index is 13.6. The quantitative estimate of drug-likeness (QED) is 0.866. The van der Waals surface area contributed by atoms with Crippen LogP contribution in [-0.2, 0) is 0 Å². The van der Waals surface area contributed by atoms with E-state index in [1.54, 1.807) is 18.2 Å². The van der Waals surface area contributed by atoms with E-state index in [0.29, 0.717) is 12.2 Å². The van der Waals surface area contributed by atoms with Gasteiger partial charge in [-0.2, -0.15) is 0 Å². The molecule has 0 aliphatic heterocycles. The molecule has 1 atom stereocenters. The molecule has 2 rings (SSSR count). The molecule has 0 heterocycles. The van der Waals surface area contributed by atoms with Gasteiger partial charge in [-0.1, -0.05) is 42.0 Å². The van der Waals surface area contributed by atoms with E-state index in [9.17, 15) is 4.39 Å². The number of rotatable bonds is 4. The van der Waals surface area contributed by atoms with Crippen molar-refractivity contribution >= 4 is 5.69 Å². The van der Waals surface area contributed by atoms with Crippen LogP contribution in [0.5, 0.6) is 0 Å². The highest BCUT2D eigenvalue weighted by atomic mass is 19.1. The van der Waals surface area contributed by atoms with Gasteiger partial charge in [0.2, 0.25) is 0 Å². The minimum atomic E-state index is -0.261. The first-order chi connectivity index (χ1) is 8.70.